The maximum atomic E-state index is 12.7. The number of Topliss-reactive ketones (excluding diaryl/α,β-unsaturated/α-hetero) is 1. The fourth-order valence-corrected chi connectivity index (χ4v) is 5.65. The summed E-state index contributed by atoms with van der Waals surface area (Å²) in [6.07, 6.45) is 10.2. The molecule has 2 aliphatic carbocycles. The normalized spacial score (nSPS) is 26.2. The predicted molar refractivity (Wildman–Crippen MR) is 125 cm³/mol. The monoisotopic (exact) mass is 451 g/mol. The van der Waals surface area contributed by atoms with Gasteiger partial charge in [0.2, 0.25) is 11.8 Å². The molecule has 2 saturated heterocycles. The first kappa shape index (κ1) is 22.1. The Morgan fingerprint density at radius 1 is 0.879 bits per heavy atom. The van der Waals surface area contributed by atoms with Crippen LogP contribution >= 0.6 is 0 Å². The van der Waals surface area contributed by atoms with E-state index in [9.17, 15) is 14.4 Å². The molecule has 176 valence electrons. The lowest BCUT2D eigenvalue weighted by atomic mass is 9.85. The maximum Gasteiger partial charge on any atom is 0.233 e. The van der Waals surface area contributed by atoms with Crippen molar-refractivity contribution in [3.63, 3.8) is 0 Å². The Kier molecular flexibility index (Phi) is 6.49. The van der Waals surface area contributed by atoms with E-state index in [1.807, 2.05) is 24.3 Å². The molecule has 0 N–H and O–H groups in total. The van der Waals surface area contributed by atoms with Gasteiger partial charge < -0.3 is 9.64 Å². The van der Waals surface area contributed by atoms with Crippen LogP contribution in [0.4, 0.5) is 5.69 Å². The highest BCUT2D eigenvalue weighted by molar-refractivity contribution is 6.07. The average molecular weight is 452 g/mol. The molecule has 7 heteroatoms. The van der Waals surface area contributed by atoms with Crippen molar-refractivity contribution in [2.75, 3.05) is 44.2 Å². The van der Waals surface area contributed by atoms with Gasteiger partial charge in [0.05, 0.1) is 36.7 Å². The molecule has 0 aromatic heterocycles. The number of benzene rings is 1. The fraction of sp³-hybridized carbons (Fsp3) is 0.577. The number of ketones is 1. The Morgan fingerprint density at radius 2 is 1.52 bits per heavy atom. The van der Waals surface area contributed by atoms with Crippen molar-refractivity contribution >= 4 is 23.3 Å². The molecule has 0 radical (unpaired) electrons. The van der Waals surface area contributed by atoms with Crippen molar-refractivity contribution in [1.82, 2.24) is 9.80 Å². The SMILES string of the molecule is O=C(CN1CCN(c2ccccc2OC2CCCC2)CC1)CN1C(=O)C2CC=CCC2C1=O. The second kappa shape index (κ2) is 9.67. The number of anilines is 1. The molecule has 1 aromatic carbocycles. The van der Waals surface area contributed by atoms with Gasteiger partial charge in [0, 0.05) is 26.2 Å². The van der Waals surface area contributed by atoms with Crippen LogP contribution in [-0.2, 0) is 14.4 Å². The van der Waals surface area contributed by atoms with Crippen molar-refractivity contribution in [3.8, 4) is 5.75 Å². The third kappa shape index (κ3) is 4.69. The number of rotatable bonds is 7. The Balaban J connectivity index is 1.13. The van der Waals surface area contributed by atoms with E-state index in [2.05, 4.69) is 21.9 Å². The van der Waals surface area contributed by atoms with Gasteiger partial charge in [-0.1, -0.05) is 24.3 Å². The number of carbonyl (C=O) groups excluding carboxylic acids is 3. The molecule has 0 spiro atoms. The first-order chi connectivity index (χ1) is 16.1. The van der Waals surface area contributed by atoms with Gasteiger partial charge in [0.25, 0.3) is 0 Å². The van der Waals surface area contributed by atoms with Gasteiger partial charge in [-0.15, -0.1) is 0 Å². The van der Waals surface area contributed by atoms with Crippen molar-refractivity contribution < 1.29 is 19.1 Å². The van der Waals surface area contributed by atoms with E-state index in [0.717, 1.165) is 50.5 Å². The molecule has 2 aliphatic heterocycles. The van der Waals surface area contributed by atoms with Gasteiger partial charge in [0.1, 0.15) is 5.75 Å². The lowest BCUT2D eigenvalue weighted by Crippen LogP contribution is -2.49. The summed E-state index contributed by atoms with van der Waals surface area (Å²) < 4.78 is 6.30. The van der Waals surface area contributed by atoms with Crippen LogP contribution in [0.15, 0.2) is 36.4 Å². The van der Waals surface area contributed by atoms with Crippen LogP contribution < -0.4 is 9.64 Å². The van der Waals surface area contributed by atoms with Gasteiger partial charge >= 0.3 is 0 Å². The third-order valence-electron chi connectivity index (χ3n) is 7.51. The average Bonchev–Trinajstić information content (AvgIpc) is 3.43. The zero-order chi connectivity index (χ0) is 22.8. The van der Waals surface area contributed by atoms with Crippen LogP contribution in [0.25, 0.3) is 0 Å². The Morgan fingerprint density at radius 3 is 2.18 bits per heavy atom. The number of hydrogen-bond acceptors (Lipinski definition) is 6. The minimum Gasteiger partial charge on any atom is -0.488 e. The van der Waals surface area contributed by atoms with Gasteiger partial charge in [-0.3, -0.25) is 24.2 Å². The van der Waals surface area contributed by atoms with Gasteiger partial charge in [-0.25, -0.2) is 0 Å². The van der Waals surface area contributed by atoms with E-state index in [0.29, 0.717) is 18.9 Å². The van der Waals surface area contributed by atoms with Crippen LogP contribution in [-0.4, -0.2) is 72.8 Å². The topological polar surface area (TPSA) is 70.2 Å². The highest BCUT2D eigenvalue weighted by atomic mass is 16.5. The Bertz CT molecular complexity index is 905. The van der Waals surface area contributed by atoms with Crippen molar-refractivity contribution in [3.05, 3.63) is 36.4 Å². The highest BCUT2D eigenvalue weighted by Gasteiger charge is 2.47. The number of imide groups is 1. The molecule has 7 nitrogen and oxygen atoms in total. The number of allylic oxidation sites excluding steroid dienone is 2. The van der Waals surface area contributed by atoms with E-state index >= 15 is 0 Å². The van der Waals surface area contributed by atoms with E-state index in [1.165, 1.54) is 17.7 Å². The van der Waals surface area contributed by atoms with Crippen molar-refractivity contribution in [1.29, 1.82) is 0 Å². The molecule has 2 heterocycles. The summed E-state index contributed by atoms with van der Waals surface area (Å²) in [5.74, 6) is -0.00817. The lowest BCUT2D eigenvalue weighted by Gasteiger charge is -2.36. The molecular weight excluding hydrogens is 418 g/mol. The molecule has 2 unspecified atom stereocenters. The number of likely N-dealkylation sites (tertiary alicyclic amines) is 1. The summed E-state index contributed by atoms with van der Waals surface area (Å²) in [6.45, 7) is 3.34. The molecule has 33 heavy (non-hydrogen) atoms. The van der Waals surface area contributed by atoms with Crippen molar-refractivity contribution in [2.24, 2.45) is 11.8 Å². The highest BCUT2D eigenvalue weighted by Crippen LogP contribution is 2.35. The minimum absolute atomic E-state index is 0.0678. The number of nitrogens with zero attached hydrogens (tertiary/aromatic N) is 3. The smallest absolute Gasteiger partial charge is 0.233 e. The Hall–Kier alpha value is -2.67. The molecule has 2 atom stereocenters. The maximum absolute atomic E-state index is 12.7. The summed E-state index contributed by atoms with van der Waals surface area (Å²) in [5, 5.41) is 0. The zero-order valence-corrected chi connectivity index (χ0v) is 19.2. The molecule has 5 rings (SSSR count). The molecule has 1 saturated carbocycles. The van der Waals surface area contributed by atoms with E-state index in [1.54, 1.807) is 0 Å². The van der Waals surface area contributed by atoms with E-state index in [4.69, 9.17) is 4.74 Å². The number of hydrogen-bond donors (Lipinski definition) is 0. The van der Waals surface area contributed by atoms with Crippen LogP contribution in [0.2, 0.25) is 0 Å². The fourth-order valence-electron chi connectivity index (χ4n) is 5.65. The summed E-state index contributed by atoms with van der Waals surface area (Å²) in [4.78, 5) is 43.6. The summed E-state index contributed by atoms with van der Waals surface area (Å²) in [5.41, 5.74) is 1.12. The van der Waals surface area contributed by atoms with Gasteiger partial charge in [-0.05, 0) is 50.7 Å². The van der Waals surface area contributed by atoms with Gasteiger partial charge in [-0.2, -0.15) is 0 Å². The van der Waals surface area contributed by atoms with Crippen molar-refractivity contribution in [2.45, 2.75) is 44.6 Å². The number of carbonyl (C=O) groups is 3. The first-order valence-corrected chi connectivity index (χ1v) is 12.3. The number of para-hydroxylation sites is 2. The second-order valence-corrected chi connectivity index (χ2v) is 9.71. The molecule has 0 bridgehead atoms. The summed E-state index contributed by atoms with van der Waals surface area (Å²) >= 11 is 0. The zero-order valence-electron chi connectivity index (χ0n) is 19.2. The third-order valence-corrected chi connectivity index (χ3v) is 7.51. The summed E-state index contributed by atoms with van der Waals surface area (Å²) in [7, 11) is 0. The second-order valence-electron chi connectivity index (χ2n) is 9.71. The van der Waals surface area contributed by atoms with E-state index < -0.39 is 0 Å². The molecule has 1 aromatic rings. The standard InChI is InChI=1S/C26H33N3O4/c30-19(18-29-25(31)21-9-3-4-10-22(21)26(29)32)17-27-13-15-28(16-14-27)23-11-5-6-12-24(23)33-20-7-1-2-8-20/h3-6,11-12,20-22H,1-2,7-10,13-18H2. The summed E-state index contributed by atoms with van der Waals surface area (Å²) in [6, 6.07) is 8.24. The number of fused-ring (bicyclic) bond motifs is 1. The van der Waals surface area contributed by atoms with Crippen LogP contribution in [0.1, 0.15) is 38.5 Å². The first-order valence-electron chi connectivity index (χ1n) is 12.3. The largest absolute Gasteiger partial charge is 0.488 e. The van der Waals surface area contributed by atoms with Gasteiger partial charge in [0.15, 0.2) is 5.78 Å². The lowest BCUT2D eigenvalue weighted by molar-refractivity contribution is -0.143. The number of piperazine rings is 1. The minimum atomic E-state index is -0.273. The molecule has 4 aliphatic rings. The van der Waals surface area contributed by atoms with E-state index in [-0.39, 0.29) is 42.5 Å². The Labute approximate surface area is 195 Å². The molecule has 3 fully saturated rings. The molecule has 2 amide bonds. The number of ether oxygens (including phenoxy) is 1. The predicted octanol–water partition coefficient (Wildman–Crippen LogP) is 2.65. The van der Waals surface area contributed by atoms with Crippen LogP contribution in [0.3, 0.4) is 0 Å². The quantitative estimate of drug-likeness (QED) is 0.469. The van der Waals surface area contributed by atoms with Crippen LogP contribution in [0.5, 0.6) is 5.75 Å². The number of amides is 2. The molecular formula is C26H33N3O4. The van der Waals surface area contributed by atoms with Crippen LogP contribution in [0, 0.1) is 11.8 Å².